The highest BCUT2D eigenvalue weighted by molar-refractivity contribution is 9.10. The van der Waals surface area contributed by atoms with E-state index in [9.17, 15) is 0 Å². The van der Waals surface area contributed by atoms with Crippen LogP contribution in [0.2, 0.25) is 0 Å². The summed E-state index contributed by atoms with van der Waals surface area (Å²) in [6.07, 6.45) is 3.30. The number of hydrogen-bond acceptors (Lipinski definition) is 3. The maximum atomic E-state index is 6.15. The first kappa shape index (κ1) is 14.6. The summed E-state index contributed by atoms with van der Waals surface area (Å²) >= 11 is 3.53. The second-order valence-electron chi connectivity index (χ2n) is 3.98. The third kappa shape index (κ3) is 3.27. The monoisotopic (exact) mass is 321 g/mol. The van der Waals surface area contributed by atoms with Crippen molar-refractivity contribution in [2.24, 2.45) is 5.73 Å². The highest BCUT2D eigenvalue weighted by Crippen LogP contribution is 2.39. The van der Waals surface area contributed by atoms with Crippen LogP contribution in [0.1, 0.15) is 37.8 Å². The Balaban J connectivity index is 0.00000144. The molecule has 96 valence electrons. The maximum absolute atomic E-state index is 6.15. The summed E-state index contributed by atoms with van der Waals surface area (Å²) in [6, 6.07) is 3.97. The van der Waals surface area contributed by atoms with Gasteiger partial charge < -0.3 is 15.2 Å². The van der Waals surface area contributed by atoms with Crippen LogP contribution in [-0.2, 0) is 0 Å². The molecule has 0 aliphatic carbocycles. The zero-order chi connectivity index (χ0) is 11.5. The van der Waals surface area contributed by atoms with Crippen molar-refractivity contribution in [2.45, 2.75) is 32.2 Å². The number of fused-ring (bicyclic) bond motifs is 1. The van der Waals surface area contributed by atoms with Crippen LogP contribution < -0.4 is 15.2 Å². The minimum Gasteiger partial charge on any atom is -0.454 e. The van der Waals surface area contributed by atoms with E-state index in [1.54, 1.807) is 0 Å². The zero-order valence-corrected chi connectivity index (χ0v) is 12.1. The van der Waals surface area contributed by atoms with Gasteiger partial charge in [0.2, 0.25) is 6.79 Å². The van der Waals surface area contributed by atoms with Gasteiger partial charge in [0.25, 0.3) is 0 Å². The number of benzene rings is 1. The number of nitrogens with two attached hydrogens (primary N) is 1. The SMILES string of the molecule is CCCC[C@H](N)c1cc2c(cc1Br)OCO2.Cl. The van der Waals surface area contributed by atoms with Crippen LogP contribution in [-0.4, -0.2) is 6.79 Å². The molecule has 0 saturated heterocycles. The lowest BCUT2D eigenvalue weighted by Crippen LogP contribution is -2.10. The summed E-state index contributed by atoms with van der Waals surface area (Å²) in [5, 5.41) is 0. The van der Waals surface area contributed by atoms with E-state index in [0.717, 1.165) is 40.8 Å². The topological polar surface area (TPSA) is 44.5 Å². The molecule has 2 N–H and O–H groups in total. The van der Waals surface area contributed by atoms with Crippen molar-refractivity contribution in [2.75, 3.05) is 6.79 Å². The van der Waals surface area contributed by atoms with Crippen LogP contribution in [0.5, 0.6) is 11.5 Å². The minimum atomic E-state index is 0. The molecular weight excluding hydrogens is 305 g/mol. The smallest absolute Gasteiger partial charge is 0.231 e. The van der Waals surface area contributed by atoms with E-state index in [0.29, 0.717) is 6.79 Å². The van der Waals surface area contributed by atoms with E-state index in [1.165, 1.54) is 0 Å². The summed E-state index contributed by atoms with van der Waals surface area (Å²) in [4.78, 5) is 0. The molecule has 0 radical (unpaired) electrons. The molecule has 1 aliphatic heterocycles. The highest BCUT2D eigenvalue weighted by Gasteiger charge is 2.19. The Morgan fingerprint density at radius 3 is 2.65 bits per heavy atom. The molecule has 2 rings (SSSR count). The van der Waals surface area contributed by atoms with Crippen LogP contribution in [0.15, 0.2) is 16.6 Å². The molecule has 1 aliphatic rings. The largest absolute Gasteiger partial charge is 0.454 e. The van der Waals surface area contributed by atoms with Crippen molar-refractivity contribution >= 4 is 28.3 Å². The molecule has 1 atom stereocenters. The third-order valence-corrected chi connectivity index (χ3v) is 3.45. The van der Waals surface area contributed by atoms with Crippen LogP contribution in [0.4, 0.5) is 0 Å². The van der Waals surface area contributed by atoms with E-state index < -0.39 is 0 Å². The predicted octanol–water partition coefficient (Wildman–Crippen LogP) is 3.79. The molecule has 0 bridgehead atoms. The molecular formula is C12H17BrClNO2. The first-order valence-electron chi connectivity index (χ1n) is 5.57. The van der Waals surface area contributed by atoms with Crippen molar-refractivity contribution in [3.8, 4) is 11.5 Å². The molecule has 0 saturated carbocycles. The van der Waals surface area contributed by atoms with E-state index in [1.807, 2.05) is 12.1 Å². The molecule has 3 nitrogen and oxygen atoms in total. The Bertz CT molecular complexity index is 387. The van der Waals surface area contributed by atoms with Crippen molar-refractivity contribution in [3.63, 3.8) is 0 Å². The first-order valence-corrected chi connectivity index (χ1v) is 6.36. The lowest BCUT2D eigenvalue weighted by molar-refractivity contribution is 0.174. The zero-order valence-electron chi connectivity index (χ0n) is 9.74. The molecule has 0 spiro atoms. The lowest BCUT2D eigenvalue weighted by Gasteiger charge is -2.14. The summed E-state index contributed by atoms with van der Waals surface area (Å²) in [5.41, 5.74) is 7.24. The average molecular weight is 323 g/mol. The lowest BCUT2D eigenvalue weighted by atomic mass is 10.0. The van der Waals surface area contributed by atoms with Gasteiger partial charge in [-0.25, -0.2) is 0 Å². The molecule has 1 heterocycles. The van der Waals surface area contributed by atoms with Crippen LogP contribution in [0.25, 0.3) is 0 Å². The fourth-order valence-electron chi connectivity index (χ4n) is 1.80. The molecule has 17 heavy (non-hydrogen) atoms. The summed E-state index contributed by atoms with van der Waals surface area (Å²) < 4.78 is 11.7. The number of rotatable bonds is 4. The highest BCUT2D eigenvalue weighted by atomic mass is 79.9. The van der Waals surface area contributed by atoms with Crippen molar-refractivity contribution < 1.29 is 9.47 Å². The molecule has 1 aromatic rings. The van der Waals surface area contributed by atoms with Crippen molar-refractivity contribution in [1.82, 2.24) is 0 Å². The van der Waals surface area contributed by atoms with E-state index in [2.05, 4.69) is 22.9 Å². The van der Waals surface area contributed by atoms with E-state index in [-0.39, 0.29) is 18.4 Å². The molecule has 0 fully saturated rings. The number of ether oxygens (including phenoxy) is 2. The average Bonchev–Trinajstić information content (AvgIpc) is 2.71. The second-order valence-corrected chi connectivity index (χ2v) is 4.83. The summed E-state index contributed by atoms with van der Waals surface area (Å²) in [7, 11) is 0. The first-order chi connectivity index (χ1) is 7.72. The minimum absolute atomic E-state index is 0. The predicted molar refractivity (Wildman–Crippen MR) is 74.0 cm³/mol. The normalized spacial score (nSPS) is 14.3. The molecule has 5 heteroatoms. The Morgan fingerprint density at radius 2 is 2.00 bits per heavy atom. The van der Waals surface area contributed by atoms with Crippen LogP contribution in [0.3, 0.4) is 0 Å². The van der Waals surface area contributed by atoms with Gasteiger partial charge in [-0.15, -0.1) is 12.4 Å². The fraction of sp³-hybridized carbons (Fsp3) is 0.500. The molecule has 0 unspecified atom stereocenters. The number of halogens is 2. The van der Waals surface area contributed by atoms with Gasteiger partial charge in [-0.05, 0) is 24.1 Å². The Kier molecular flexibility index (Phi) is 5.56. The third-order valence-electron chi connectivity index (χ3n) is 2.76. The summed E-state index contributed by atoms with van der Waals surface area (Å²) in [6.45, 7) is 2.47. The van der Waals surface area contributed by atoms with Gasteiger partial charge in [0.15, 0.2) is 11.5 Å². The van der Waals surface area contributed by atoms with E-state index >= 15 is 0 Å². The number of hydrogen-bond donors (Lipinski definition) is 1. The van der Waals surface area contributed by atoms with Gasteiger partial charge in [0.1, 0.15) is 0 Å². The van der Waals surface area contributed by atoms with Gasteiger partial charge in [0.05, 0.1) is 0 Å². The standard InChI is InChI=1S/C12H16BrNO2.ClH/c1-2-3-4-10(14)8-5-11-12(6-9(8)13)16-7-15-11;/h5-6,10H,2-4,7,14H2,1H3;1H/t10-;/m0./s1. The number of unbranched alkanes of at least 4 members (excludes halogenated alkanes) is 1. The fourth-order valence-corrected chi connectivity index (χ4v) is 2.41. The van der Waals surface area contributed by atoms with E-state index in [4.69, 9.17) is 15.2 Å². The van der Waals surface area contributed by atoms with Gasteiger partial charge in [-0.2, -0.15) is 0 Å². The van der Waals surface area contributed by atoms with Crippen LogP contribution >= 0.6 is 28.3 Å². The second kappa shape index (κ2) is 6.47. The maximum Gasteiger partial charge on any atom is 0.231 e. The molecule has 1 aromatic carbocycles. The van der Waals surface area contributed by atoms with Gasteiger partial charge >= 0.3 is 0 Å². The van der Waals surface area contributed by atoms with Crippen LogP contribution in [0, 0.1) is 0 Å². The summed E-state index contributed by atoms with van der Waals surface area (Å²) in [5.74, 6) is 1.59. The molecule has 0 amide bonds. The van der Waals surface area contributed by atoms with Crippen molar-refractivity contribution in [3.05, 3.63) is 22.2 Å². The Morgan fingerprint density at radius 1 is 1.35 bits per heavy atom. The van der Waals surface area contributed by atoms with Crippen molar-refractivity contribution in [1.29, 1.82) is 0 Å². The van der Waals surface area contributed by atoms with Gasteiger partial charge in [0, 0.05) is 10.5 Å². The molecule has 0 aromatic heterocycles. The van der Waals surface area contributed by atoms with Gasteiger partial charge in [-0.3, -0.25) is 0 Å². The Hall–Kier alpha value is -0.450. The quantitative estimate of drug-likeness (QED) is 0.917. The van der Waals surface area contributed by atoms with Gasteiger partial charge in [-0.1, -0.05) is 35.7 Å². The Labute approximate surface area is 116 Å².